The fraction of sp³-hybridized carbons (Fsp3) is 0.951. The maximum absolute atomic E-state index is 14.3. The van der Waals surface area contributed by atoms with Crippen LogP contribution in [0.3, 0.4) is 0 Å². The average Bonchev–Trinajstić information content (AvgIpc) is 3.15. The molecule has 0 aromatic heterocycles. The van der Waals surface area contributed by atoms with Gasteiger partial charge in [0.1, 0.15) is 23.9 Å². The van der Waals surface area contributed by atoms with Crippen LogP contribution >= 0.6 is 0 Å². The SMILES string of the molecule is CC[C@H]1OC(=O)[C@H](C)[C@@H](O[C@H]2C[C@@](C)(OC)[C@@H](O)[C@H](C)O2)[C@H](C)[C@@H](O[C@H]2O[C@H](C)C[C@H](N(C)C)[C@H]2O)[C@](C)(O)C[C@@H](C)/C(=N\OCOCCOC)[C@H](C)[C@@H](O)[C@]1(C)O. The smallest absolute Gasteiger partial charge is 0.311 e. The molecule has 3 saturated heterocycles. The minimum atomic E-state index is -1.97. The van der Waals surface area contributed by atoms with Crippen LogP contribution in [-0.4, -0.2) is 175 Å². The van der Waals surface area contributed by atoms with E-state index in [2.05, 4.69) is 5.16 Å². The number of rotatable bonds is 13. The van der Waals surface area contributed by atoms with E-state index in [1.54, 1.807) is 55.6 Å². The summed E-state index contributed by atoms with van der Waals surface area (Å²) in [6.07, 6.45) is -9.49. The molecule has 0 aromatic carbocycles. The Balaban J connectivity index is 2.22. The van der Waals surface area contributed by atoms with E-state index in [0.717, 1.165) is 0 Å². The summed E-state index contributed by atoms with van der Waals surface area (Å²) >= 11 is 0. The molecule has 3 aliphatic heterocycles. The first-order chi connectivity index (χ1) is 27.0. The maximum Gasteiger partial charge on any atom is 0.311 e. The molecular formula is C41H76N2O15. The van der Waals surface area contributed by atoms with Crippen molar-refractivity contribution in [2.24, 2.45) is 28.8 Å². The maximum atomic E-state index is 14.3. The minimum absolute atomic E-state index is 0.0307. The molecule has 5 N–H and O–H groups in total. The van der Waals surface area contributed by atoms with E-state index in [-0.39, 0.29) is 44.8 Å². The summed E-state index contributed by atoms with van der Waals surface area (Å²) in [6.45, 7) is 17.3. The highest BCUT2D eigenvalue weighted by atomic mass is 16.7. The van der Waals surface area contributed by atoms with Gasteiger partial charge in [0.15, 0.2) is 12.6 Å². The predicted molar refractivity (Wildman–Crippen MR) is 212 cm³/mol. The molecule has 0 unspecified atom stereocenters. The van der Waals surface area contributed by atoms with E-state index in [0.29, 0.717) is 18.7 Å². The van der Waals surface area contributed by atoms with Crippen molar-refractivity contribution in [2.45, 2.75) is 179 Å². The first-order valence-corrected chi connectivity index (χ1v) is 20.8. The van der Waals surface area contributed by atoms with Crippen LogP contribution in [0.25, 0.3) is 0 Å². The Labute approximate surface area is 345 Å². The molecule has 0 spiro atoms. The Kier molecular flexibility index (Phi) is 18.8. The number of aliphatic hydroxyl groups is 5. The summed E-state index contributed by atoms with van der Waals surface area (Å²) in [5.41, 5.74) is -4.49. The average molecular weight is 837 g/mol. The van der Waals surface area contributed by atoms with Gasteiger partial charge in [-0.1, -0.05) is 32.9 Å². The lowest BCUT2D eigenvalue weighted by molar-refractivity contribution is -0.317. The predicted octanol–water partition coefficient (Wildman–Crippen LogP) is 2.21. The van der Waals surface area contributed by atoms with Gasteiger partial charge in [-0.25, -0.2) is 0 Å². The largest absolute Gasteiger partial charge is 0.459 e. The molecule has 0 saturated carbocycles. The summed E-state index contributed by atoms with van der Waals surface area (Å²) in [5.74, 6) is -4.14. The van der Waals surface area contributed by atoms with Crippen LogP contribution in [0.5, 0.6) is 0 Å². The fourth-order valence-electron chi connectivity index (χ4n) is 8.93. The van der Waals surface area contributed by atoms with E-state index in [4.69, 9.17) is 42.7 Å². The van der Waals surface area contributed by atoms with E-state index < -0.39 is 102 Å². The molecule has 3 rings (SSSR count). The second-order valence-corrected chi connectivity index (χ2v) is 17.7. The molecular weight excluding hydrogens is 760 g/mol. The summed E-state index contributed by atoms with van der Waals surface area (Å²) in [4.78, 5) is 21.8. The Hall–Kier alpha value is -1.58. The minimum Gasteiger partial charge on any atom is -0.459 e. The van der Waals surface area contributed by atoms with Crippen LogP contribution < -0.4 is 0 Å². The van der Waals surface area contributed by atoms with E-state index in [1.807, 2.05) is 32.8 Å². The number of nitrogens with zero attached hydrogens (tertiary/aromatic N) is 2. The van der Waals surface area contributed by atoms with Crippen LogP contribution in [0, 0.1) is 23.7 Å². The van der Waals surface area contributed by atoms with Gasteiger partial charge >= 0.3 is 5.97 Å². The second-order valence-electron chi connectivity index (χ2n) is 17.7. The van der Waals surface area contributed by atoms with Gasteiger partial charge in [-0.2, -0.15) is 0 Å². The van der Waals surface area contributed by atoms with Crippen molar-refractivity contribution in [1.29, 1.82) is 0 Å². The normalized spacial score (nSPS) is 45.8. The van der Waals surface area contributed by atoms with Crippen LogP contribution in [0.4, 0.5) is 0 Å². The number of cyclic esters (lactones) is 1. The summed E-state index contributed by atoms with van der Waals surface area (Å²) < 4.78 is 48.1. The van der Waals surface area contributed by atoms with E-state index >= 15 is 0 Å². The van der Waals surface area contributed by atoms with Gasteiger partial charge in [0.05, 0.1) is 66.6 Å². The number of carbonyl (C=O) groups is 1. The molecule has 0 bridgehead atoms. The molecule has 58 heavy (non-hydrogen) atoms. The van der Waals surface area contributed by atoms with Gasteiger partial charge in [0.25, 0.3) is 0 Å². The molecule has 3 aliphatic rings. The Morgan fingerprint density at radius 3 is 2.14 bits per heavy atom. The molecule has 0 amide bonds. The summed E-state index contributed by atoms with van der Waals surface area (Å²) in [6, 6.07) is -0.328. The van der Waals surface area contributed by atoms with Crippen molar-refractivity contribution in [3.05, 3.63) is 0 Å². The first kappa shape index (κ1) is 50.8. The Morgan fingerprint density at radius 2 is 1.55 bits per heavy atom. The zero-order valence-corrected chi connectivity index (χ0v) is 37.3. The number of carbonyl (C=O) groups excluding carboxylic acids is 1. The lowest BCUT2D eigenvalue weighted by Gasteiger charge is -2.49. The van der Waals surface area contributed by atoms with E-state index in [9.17, 15) is 30.3 Å². The summed E-state index contributed by atoms with van der Waals surface area (Å²) in [5, 5.41) is 63.6. The molecule has 17 nitrogen and oxygen atoms in total. The third kappa shape index (κ3) is 12.1. The monoisotopic (exact) mass is 837 g/mol. The van der Waals surface area contributed by atoms with Crippen LogP contribution in [0.15, 0.2) is 5.16 Å². The lowest BCUT2D eigenvalue weighted by atomic mass is 9.73. The lowest BCUT2D eigenvalue weighted by Crippen LogP contribution is -2.61. The van der Waals surface area contributed by atoms with Gasteiger partial charge in [0.2, 0.25) is 6.79 Å². The third-order valence-corrected chi connectivity index (χ3v) is 12.6. The molecule has 0 aliphatic carbocycles. The van der Waals surface area contributed by atoms with Gasteiger partial charge in [-0.05, 0) is 74.9 Å². The van der Waals surface area contributed by atoms with Gasteiger partial charge in [0, 0.05) is 44.4 Å². The van der Waals surface area contributed by atoms with Gasteiger partial charge < -0.3 is 73.2 Å². The second kappa shape index (κ2) is 21.5. The molecule has 340 valence electrons. The van der Waals surface area contributed by atoms with Crippen LogP contribution in [0.2, 0.25) is 0 Å². The fourth-order valence-corrected chi connectivity index (χ4v) is 8.93. The zero-order chi connectivity index (χ0) is 43.9. The molecule has 3 fully saturated rings. The first-order valence-electron chi connectivity index (χ1n) is 20.8. The van der Waals surface area contributed by atoms with Crippen molar-refractivity contribution < 1.29 is 73.1 Å². The zero-order valence-electron chi connectivity index (χ0n) is 37.3. The molecule has 17 heteroatoms. The Bertz CT molecular complexity index is 1300. The van der Waals surface area contributed by atoms with Crippen molar-refractivity contribution in [2.75, 3.05) is 48.3 Å². The van der Waals surface area contributed by atoms with Crippen molar-refractivity contribution >= 4 is 11.7 Å². The third-order valence-electron chi connectivity index (χ3n) is 12.6. The molecule has 3 heterocycles. The molecule has 0 radical (unpaired) electrons. The molecule has 18 atom stereocenters. The Morgan fingerprint density at radius 1 is 0.897 bits per heavy atom. The highest BCUT2D eigenvalue weighted by Crippen LogP contribution is 2.41. The van der Waals surface area contributed by atoms with Crippen molar-refractivity contribution in [3.8, 4) is 0 Å². The van der Waals surface area contributed by atoms with Gasteiger partial charge in [-0.15, -0.1) is 0 Å². The topological polar surface area (TPSA) is 217 Å². The highest BCUT2D eigenvalue weighted by Gasteiger charge is 2.53. The number of likely N-dealkylation sites (N-methyl/N-ethyl adjacent to an activating group) is 1. The van der Waals surface area contributed by atoms with E-state index in [1.165, 1.54) is 14.0 Å². The number of hydrogen-bond donors (Lipinski definition) is 5. The number of esters is 1. The number of methoxy groups -OCH3 is 2. The van der Waals surface area contributed by atoms with Crippen LogP contribution in [0.1, 0.15) is 94.9 Å². The molecule has 0 aromatic rings. The van der Waals surface area contributed by atoms with Gasteiger partial charge in [-0.3, -0.25) is 4.79 Å². The number of aliphatic hydroxyl groups excluding tert-OH is 3. The number of oxime groups is 1. The highest BCUT2D eigenvalue weighted by molar-refractivity contribution is 5.88. The van der Waals surface area contributed by atoms with Crippen molar-refractivity contribution in [3.63, 3.8) is 0 Å². The van der Waals surface area contributed by atoms with Crippen LogP contribution in [-0.2, 0) is 47.5 Å². The standard InChI is InChI=1S/C41H76N2O15/c1-15-29-41(10,49)34(45)24(4)31(42-53-21-52-17-16-50-13)22(2)19-39(8,48)36(58-38-32(44)28(43(11)12)18-23(3)54-38)25(5)33(26(6)37(47)56-29)57-30-20-40(9,51-14)35(46)27(7)55-30/h22-30,32-36,38,44-46,48-49H,15-21H2,1-14H3/b42-31+/t22-,23-,24+,25+,26-,27+,28+,29-,30+,32-,33+,34-,35+,36-,38-,39-,40-,41-/m1/s1. The number of hydrogen-bond acceptors (Lipinski definition) is 17. The quantitative estimate of drug-likeness (QED) is 0.0778. The van der Waals surface area contributed by atoms with Crippen molar-refractivity contribution in [1.82, 2.24) is 4.90 Å². The summed E-state index contributed by atoms with van der Waals surface area (Å²) in [7, 11) is 6.76. The number of ether oxygens (including phenoxy) is 8.